The van der Waals surface area contributed by atoms with Crippen LogP contribution in [0.3, 0.4) is 0 Å². The van der Waals surface area contributed by atoms with E-state index >= 15 is 0 Å². The number of aliphatic imine (C=N–C) groups is 1. The summed E-state index contributed by atoms with van der Waals surface area (Å²) in [5.74, 6) is 0.517. The van der Waals surface area contributed by atoms with Crippen molar-refractivity contribution < 1.29 is 0 Å². The molecule has 0 bridgehead atoms. The molecule has 0 saturated heterocycles. The Morgan fingerprint density at radius 3 is 2.50 bits per heavy atom. The third-order valence-corrected chi connectivity index (χ3v) is 2.32. The van der Waals surface area contributed by atoms with E-state index in [1.54, 1.807) is 0 Å². The lowest BCUT2D eigenvalue weighted by Crippen LogP contribution is -1.93. The normalized spacial score (nSPS) is 11.9. The molecule has 0 fully saturated rings. The standard InChI is InChI=1S/C13H17N/c1-5-11(10(2)3)12-8-6-7-9-13(12)14-4/h5-10H,4H2,1-3H3/b11-5-. The molecule has 1 nitrogen and oxygen atoms in total. The zero-order valence-corrected chi connectivity index (χ0v) is 9.12. The number of para-hydroxylation sites is 1. The summed E-state index contributed by atoms with van der Waals surface area (Å²) >= 11 is 0. The van der Waals surface area contributed by atoms with Crippen LogP contribution in [0.5, 0.6) is 0 Å². The molecule has 14 heavy (non-hydrogen) atoms. The van der Waals surface area contributed by atoms with Gasteiger partial charge in [-0.15, -0.1) is 0 Å². The second-order valence-corrected chi connectivity index (χ2v) is 3.57. The summed E-state index contributed by atoms with van der Waals surface area (Å²) in [6.45, 7) is 10.0. The Hall–Kier alpha value is -1.37. The smallest absolute Gasteiger partial charge is 0.0697 e. The highest BCUT2D eigenvalue weighted by Gasteiger charge is 2.08. The fourth-order valence-electron chi connectivity index (χ4n) is 1.66. The largest absolute Gasteiger partial charge is 0.264 e. The number of rotatable bonds is 3. The Kier molecular flexibility index (Phi) is 3.63. The van der Waals surface area contributed by atoms with Crippen molar-refractivity contribution in [1.29, 1.82) is 0 Å². The van der Waals surface area contributed by atoms with Crippen molar-refractivity contribution in [3.63, 3.8) is 0 Å². The molecule has 74 valence electrons. The van der Waals surface area contributed by atoms with Crippen LogP contribution >= 0.6 is 0 Å². The molecule has 0 atom stereocenters. The summed E-state index contributed by atoms with van der Waals surface area (Å²) in [6, 6.07) is 8.12. The molecule has 0 aliphatic rings. The minimum Gasteiger partial charge on any atom is -0.264 e. The second kappa shape index (κ2) is 4.75. The molecule has 1 aromatic carbocycles. The van der Waals surface area contributed by atoms with E-state index in [0.29, 0.717) is 5.92 Å². The monoisotopic (exact) mass is 187 g/mol. The minimum absolute atomic E-state index is 0.517. The highest BCUT2D eigenvalue weighted by Crippen LogP contribution is 2.30. The number of nitrogens with zero attached hydrogens (tertiary/aromatic N) is 1. The van der Waals surface area contributed by atoms with Gasteiger partial charge in [-0.1, -0.05) is 38.1 Å². The van der Waals surface area contributed by atoms with Crippen molar-refractivity contribution >= 4 is 18.0 Å². The van der Waals surface area contributed by atoms with Gasteiger partial charge in [0, 0.05) is 5.56 Å². The lowest BCUT2D eigenvalue weighted by molar-refractivity contribution is 0.854. The van der Waals surface area contributed by atoms with Gasteiger partial charge in [0.15, 0.2) is 0 Å². The van der Waals surface area contributed by atoms with Crippen LogP contribution in [0.1, 0.15) is 26.3 Å². The highest BCUT2D eigenvalue weighted by atomic mass is 14.7. The summed E-state index contributed by atoms with van der Waals surface area (Å²) in [5, 5.41) is 0. The van der Waals surface area contributed by atoms with Crippen LogP contribution in [-0.2, 0) is 0 Å². The Balaban J connectivity index is 3.23. The molecule has 0 radical (unpaired) electrons. The first-order valence-corrected chi connectivity index (χ1v) is 4.93. The first-order valence-electron chi connectivity index (χ1n) is 4.93. The first-order chi connectivity index (χ1) is 6.70. The summed E-state index contributed by atoms with van der Waals surface area (Å²) in [5.41, 5.74) is 3.49. The molecule has 0 amide bonds. The van der Waals surface area contributed by atoms with E-state index in [2.05, 4.69) is 44.6 Å². The molecular weight excluding hydrogens is 170 g/mol. The quantitative estimate of drug-likeness (QED) is 0.632. The van der Waals surface area contributed by atoms with Gasteiger partial charge in [0.1, 0.15) is 0 Å². The predicted octanol–water partition coefficient (Wildman–Crippen LogP) is 4.08. The third kappa shape index (κ3) is 2.11. The SMILES string of the molecule is C=Nc1ccccc1/C(=C\C)C(C)C. The van der Waals surface area contributed by atoms with Crippen molar-refractivity contribution in [2.45, 2.75) is 20.8 Å². The van der Waals surface area contributed by atoms with Crippen molar-refractivity contribution in [1.82, 2.24) is 0 Å². The Labute approximate surface area is 86.2 Å². The summed E-state index contributed by atoms with van der Waals surface area (Å²) in [6.07, 6.45) is 2.15. The number of hydrogen-bond donors (Lipinski definition) is 0. The molecule has 0 unspecified atom stereocenters. The molecule has 1 heteroatoms. The number of hydrogen-bond acceptors (Lipinski definition) is 1. The van der Waals surface area contributed by atoms with Crippen LogP contribution in [0.25, 0.3) is 5.57 Å². The van der Waals surface area contributed by atoms with Gasteiger partial charge in [-0.05, 0) is 31.2 Å². The van der Waals surface area contributed by atoms with E-state index in [4.69, 9.17) is 0 Å². The van der Waals surface area contributed by atoms with Crippen LogP contribution in [0.15, 0.2) is 35.3 Å². The van der Waals surface area contributed by atoms with E-state index < -0.39 is 0 Å². The average Bonchev–Trinajstić information content (AvgIpc) is 2.19. The molecule has 0 saturated carbocycles. The Bertz CT molecular complexity index is 348. The highest BCUT2D eigenvalue weighted by molar-refractivity contribution is 5.76. The van der Waals surface area contributed by atoms with Crippen molar-refractivity contribution in [2.75, 3.05) is 0 Å². The van der Waals surface area contributed by atoms with Crippen LogP contribution in [-0.4, -0.2) is 6.72 Å². The molecule has 0 N–H and O–H groups in total. The van der Waals surface area contributed by atoms with Gasteiger partial charge in [-0.2, -0.15) is 0 Å². The Morgan fingerprint density at radius 2 is 2.00 bits per heavy atom. The maximum absolute atomic E-state index is 4.03. The summed E-state index contributed by atoms with van der Waals surface area (Å²) in [4.78, 5) is 4.03. The zero-order valence-electron chi connectivity index (χ0n) is 9.12. The molecule has 0 aromatic heterocycles. The molecule has 1 aromatic rings. The van der Waals surface area contributed by atoms with Gasteiger partial charge in [-0.25, -0.2) is 0 Å². The molecular formula is C13H17N. The second-order valence-electron chi connectivity index (χ2n) is 3.57. The van der Waals surface area contributed by atoms with Crippen LogP contribution in [0.2, 0.25) is 0 Å². The van der Waals surface area contributed by atoms with E-state index in [-0.39, 0.29) is 0 Å². The van der Waals surface area contributed by atoms with Gasteiger partial charge in [-0.3, -0.25) is 4.99 Å². The molecule has 1 rings (SSSR count). The Morgan fingerprint density at radius 1 is 1.36 bits per heavy atom. The molecule has 0 aliphatic heterocycles. The maximum Gasteiger partial charge on any atom is 0.0697 e. The number of benzene rings is 1. The summed E-state index contributed by atoms with van der Waals surface area (Å²) < 4.78 is 0. The van der Waals surface area contributed by atoms with Gasteiger partial charge in [0.2, 0.25) is 0 Å². The fraction of sp³-hybridized carbons (Fsp3) is 0.308. The lowest BCUT2D eigenvalue weighted by atomic mass is 9.94. The van der Waals surface area contributed by atoms with Crippen molar-refractivity contribution in [3.05, 3.63) is 35.9 Å². The van der Waals surface area contributed by atoms with Crippen LogP contribution in [0.4, 0.5) is 5.69 Å². The van der Waals surface area contributed by atoms with Crippen molar-refractivity contribution in [3.8, 4) is 0 Å². The van der Waals surface area contributed by atoms with Gasteiger partial charge >= 0.3 is 0 Å². The van der Waals surface area contributed by atoms with E-state index in [9.17, 15) is 0 Å². The maximum atomic E-state index is 4.03. The van der Waals surface area contributed by atoms with Crippen LogP contribution < -0.4 is 0 Å². The molecule has 0 spiro atoms. The van der Waals surface area contributed by atoms with Crippen LogP contribution in [0, 0.1) is 5.92 Å². The fourth-order valence-corrected chi connectivity index (χ4v) is 1.66. The number of allylic oxidation sites excluding steroid dienone is 2. The molecule has 0 heterocycles. The van der Waals surface area contributed by atoms with E-state index in [0.717, 1.165) is 5.69 Å². The van der Waals surface area contributed by atoms with Crippen molar-refractivity contribution in [2.24, 2.45) is 10.9 Å². The average molecular weight is 187 g/mol. The van der Waals surface area contributed by atoms with Gasteiger partial charge in [0.05, 0.1) is 5.69 Å². The minimum atomic E-state index is 0.517. The lowest BCUT2D eigenvalue weighted by Gasteiger charge is -2.13. The first kappa shape index (κ1) is 10.7. The molecule has 0 aliphatic carbocycles. The van der Waals surface area contributed by atoms with Gasteiger partial charge < -0.3 is 0 Å². The van der Waals surface area contributed by atoms with E-state index in [1.165, 1.54) is 11.1 Å². The van der Waals surface area contributed by atoms with Gasteiger partial charge in [0.25, 0.3) is 0 Å². The van der Waals surface area contributed by atoms with E-state index in [1.807, 2.05) is 18.2 Å². The topological polar surface area (TPSA) is 12.4 Å². The predicted molar refractivity (Wildman–Crippen MR) is 64.1 cm³/mol. The third-order valence-electron chi connectivity index (χ3n) is 2.32. The zero-order chi connectivity index (χ0) is 10.6. The summed E-state index contributed by atoms with van der Waals surface area (Å²) in [7, 11) is 0.